The van der Waals surface area contributed by atoms with Crippen molar-refractivity contribution in [3.8, 4) is 22.9 Å². The van der Waals surface area contributed by atoms with Gasteiger partial charge in [0, 0.05) is 39.1 Å². The van der Waals surface area contributed by atoms with Crippen molar-refractivity contribution in [1.29, 1.82) is 0 Å². The van der Waals surface area contributed by atoms with Gasteiger partial charge in [-0.2, -0.15) is 0 Å². The largest absolute Gasteiger partial charge is 0.495 e. The van der Waals surface area contributed by atoms with Crippen LogP contribution >= 0.6 is 0 Å². The number of nitrogens with zero attached hydrogens (tertiary/aromatic N) is 5. The minimum Gasteiger partial charge on any atom is -0.495 e. The molecule has 2 aliphatic heterocycles. The lowest BCUT2D eigenvalue weighted by Crippen LogP contribution is -2.47. The highest BCUT2D eigenvalue weighted by Crippen LogP contribution is 2.31. The smallest absolute Gasteiger partial charge is 0.167 e. The van der Waals surface area contributed by atoms with Crippen LogP contribution in [0.2, 0.25) is 0 Å². The first-order valence-corrected chi connectivity index (χ1v) is 10.6. The Morgan fingerprint density at radius 1 is 0.933 bits per heavy atom. The fourth-order valence-corrected chi connectivity index (χ4v) is 4.34. The highest BCUT2D eigenvalue weighted by Gasteiger charge is 2.22. The van der Waals surface area contributed by atoms with Crippen LogP contribution in [0.15, 0.2) is 48.5 Å². The summed E-state index contributed by atoms with van der Waals surface area (Å²) in [4.78, 5) is 4.92. The Labute approximate surface area is 176 Å². The maximum atomic E-state index is 5.90. The van der Waals surface area contributed by atoms with Gasteiger partial charge in [-0.15, -0.1) is 10.2 Å². The number of piperazine rings is 1. The van der Waals surface area contributed by atoms with Gasteiger partial charge in [0.1, 0.15) is 23.9 Å². The first-order chi connectivity index (χ1) is 14.8. The number of aromatic nitrogens is 3. The molecule has 156 valence electrons. The van der Waals surface area contributed by atoms with Crippen LogP contribution in [0.4, 0.5) is 5.69 Å². The Morgan fingerprint density at radius 2 is 1.73 bits per heavy atom. The van der Waals surface area contributed by atoms with Gasteiger partial charge in [-0.05, 0) is 24.3 Å². The first kappa shape index (κ1) is 18.9. The van der Waals surface area contributed by atoms with E-state index in [1.165, 1.54) is 5.69 Å². The Hall–Kier alpha value is -3.06. The lowest BCUT2D eigenvalue weighted by atomic mass is 10.2. The molecular formula is C23H27N5O2. The molecule has 5 rings (SSSR count). The third kappa shape index (κ3) is 3.61. The van der Waals surface area contributed by atoms with Gasteiger partial charge in [-0.1, -0.05) is 24.3 Å². The van der Waals surface area contributed by atoms with E-state index in [0.717, 1.165) is 74.4 Å². The van der Waals surface area contributed by atoms with Gasteiger partial charge in [-0.25, -0.2) is 0 Å². The number of anilines is 1. The molecule has 0 atom stereocenters. The van der Waals surface area contributed by atoms with Crippen LogP contribution < -0.4 is 14.4 Å². The number of fused-ring (bicyclic) bond motifs is 3. The average molecular weight is 406 g/mol. The van der Waals surface area contributed by atoms with E-state index in [1.54, 1.807) is 7.11 Å². The van der Waals surface area contributed by atoms with Gasteiger partial charge < -0.3 is 18.9 Å². The molecule has 0 unspecified atom stereocenters. The van der Waals surface area contributed by atoms with Crippen molar-refractivity contribution in [2.45, 2.75) is 13.0 Å². The minimum atomic E-state index is 0.645. The van der Waals surface area contributed by atoms with Crippen LogP contribution in [-0.4, -0.2) is 66.1 Å². The van der Waals surface area contributed by atoms with E-state index in [2.05, 4.69) is 42.8 Å². The highest BCUT2D eigenvalue weighted by molar-refractivity contribution is 5.64. The second-order valence-electron chi connectivity index (χ2n) is 7.69. The summed E-state index contributed by atoms with van der Waals surface area (Å²) in [7, 11) is 1.74. The Kier molecular flexibility index (Phi) is 5.27. The summed E-state index contributed by atoms with van der Waals surface area (Å²) >= 11 is 0. The molecule has 0 N–H and O–H groups in total. The first-order valence-electron chi connectivity index (χ1n) is 10.6. The summed E-state index contributed by atoms with van der Waals surface area (Å²) in [6.45, 7) is 6.48. The zero-order valence-electron chi connectivity index (χ0n) is 17.3. The zero-order chi connectivity index (χ0) is 20.3. The van der Waals surface area contributed by atoms with Crippen LogP contribution in [-0.2, 0) is 13.0 Å². The van der Waals surface area contributed by atoms with E-state index in [1.807, 2.05) is 30.3 Å². The molecule has 0 amide bonds. The second-order valence-corrected chi connectivity index (χ2v) is 7.69. The molecule has 2 aromatic carbocycles. The second kappa shape index (κ2) is 8.36. The third-order valence-electron chi connectivity index (χ3n) is 5.98. The van der Waals surface area contributed by atoms with Gasteiger partial charge in [0.15, 0.2) is 5.82 Å². The molecule has 0 aliphatic carbocycles. The number of benzene rings is 2. The Bertz CT molecular complexity index is 1010. The van der Waals surface area contributed by atoms with Gasteiger partial charge in [0.05, 0.1) is 24.9 Å². The van der Waals surface area contributed by atoms with E-state index in [-0.39, 0.29) is 0 Å². The van der Waals surface area contributed by atoms with E-state index >= 15 is 0 Å². The maximum Gasteiger partial charge on any atom is 0.167 e. The predicted octanol–water partition coefficient (Wildman–Crippen LogP) is 2.71. The third-order valence-corrected chi connectivity index (χ3v) is 5.98. The van der Waals surface area contributed by atoms with Gasteiger partial charge >= 0.3 is 0 Å². The van der Waals surface area contributed by atoms with Crippen LogP contribution in [0, 0.1) is 0 Å². The Balaban J connectivity index is 1.22. The van der Waals surface area contributed by atoms with Crippen molar-refractivity contribution in [2.75, 3.05) is 51.3 Å². The van der Waals surface area contributed by atoms with Crippen molar-refractivity contribution in [1.82, 2.24) is 19.7 Å². The summed E-state index contributed by atoms with van der Waals surface area (Å²) in [6.07, 6.45) is 0.893. The molecule has 0 bridgehead atoms. The molecular weight excluding hydrogens is 378 g/mol. The van der Waals surface area contributed by atoms with E-state index in [4.69, 9.17) is 9.47 Å². The van der Waals surface area contributed by atoms with Crippen molar-refractivity contribution >= 4 is 5.69 Å². The molecule has 2 aliphatic rings. The summed E-state index contributed by atoms with van der Waals surface area (Å²) in [5.74, 6) is 3.79. The molecule has 1 fully saturated rings. The van der Waals surface area contributed by atoms with E-state index in [0.29, 0.717) is 6.61 Å². The van der Waals surface area contributed by atoms with Crippen LogP contribution in [0.5, 0.6) is 11.5 Å². The van der Waals surface area contributed by atoms with Crippen LogP contribution in [0.25, 0.3) is 11.4 Å². The van der Waals surface area contributed by atoms with Crippen molar-refractivity contribution in [3.63, 3.8) is 0 Å². The van der Waals surface area contributed by atoms with Crippen molar-refractivity contribution in [2.24, 2.45) is 0 Å². The summed E-state index contributed by atoms with van der Waals surface area (Å²) < 4.78 is 13.6. The standard InChI is InChI=1S/C23H27N5O2/c1-29-21-9-5-3-7-19(21)27-14-12-26(13-15-27)11-10-22-24-25-23-18-6-2-4-8-20(18)30-17-16-28(22)23/h2-9H,10-17H2,1H3. The van der Waals surface area contributed by atoms with E-state index in [9.17, 15) is 0 Å². The molecule has 0 saturated carbocycles. The fraction of sp³-hybridized carbons (Fsp3) is 0.391. The monoisotopic (exact) mass is 405 g/mol. The summed E-state index contributed by atoms with van der Waals surface area (Å²) in [5, 5.41) is 9.00. The van der Waals surface area contributed by atoms with E-state index < -0.39 is 0 Å². The maximum absolute atomic E-state index is 5.90. The van der Waals surface area contributed by atoms with Gasteiger partial charge in [-0.3, -0.25) is 4.90 Å². The number of ether oxygens (including phenoxy) is 2. The molecule has 3 aromatic rings. The molecule has 3 heterocycles. The zero-order valence-corrected chi connectivity index (χ0v) is 17.3. The lowest BCUT2D eigenvalue weighted by Gasteiger charge is -2.36. The van der Waals surface area contributed by atoms with Crippen molar-refractivity contribution in [3.05, 3.63) is 54.4 Å². The molecule has 0 spiro atoms. The molecule has 1 aromatic heterocycles. The summed E-state index contributed by atoms with van der Waals surface area (Å²) in [6, 6.07) is 16.3. The topological polar surface area (TPSA) is 55.7 Å². The average Bonchev–Trinajstić information content (AvgIpc) is 3.11. The highest BCUT2D eigenvalue weighted by atomic mass is 16.5. The molecule has 30 heavy (non-hydrogen) atoms. The van der Waals surface area contributed by atoms with Crippen LogP contribution in [0.1, 0.15) is 5.82 Å². The number of hydrogen-bond donors (Lipinski definition) is 0. The lowest BCUT2D eigenvalue weighted by molar-refractivity contribution is 0.256. The molecule has 7 nitrogen and oxygen atoms in total. The number of para-hydroxylation sites is 3. The Morgan fingerprint density at radius 3 is 2.60 bits per heavy atom. The van der Waals surface area contributed by atoms with Gasteiger partial charge in [0.25, 0.3) is 0 Å². The molecule has 1 saturated heterocycles. The number of hydrogen-bond acceptors (Lipinski definition) is 6. The van der Waals surface area contributed by atoms with Crippen LogP contribution in [0.3, 0.4) is 0 Å². The molecule has 0 radical (unpaired) electrons. The number of methoxy groups -OCH3 is 1. The molecule has 7 heteroatoms. The fourth-order valence-electron chi connectivity index (χ4n) is 4.34. The number of rotatable bonds is 5. The minimum absolute atomic E-state index is 0.645. The summed E-state index contributed by atoms with van der Waals surface area (Å²) in [5.41, 5.74) is 2.21. The quantitative estimate of drug-likeness (QED) is 0.651. The SMILES string of the molecule is COc1ccccc1N1CCN(CCc2nnc3n2CCOc2ccccc2-3)CC1. The normalized spacial score (nSPS) is 16.4. The van der Waals surface area contributed by atoms with Crippen molar-refractivity contribution < 1.29 is 9.47 Å². The van der Waals surface area contributed by atoms with Gasteiger partial charge in [0.2, 0.25) is 0 Å². The predicted molar refractivity (Wildman–Crippen MR) is 116 cm³/mol.